The molecule has 5 rings (SSSR count). The second-order valence-corrected chi connectivity index (χ2v) is 13.7. The number of hydrogen-bond acceptors (Lipinski definition) is 3. The Hall–Kier alpha value is -2.88. The van der Waals surface area contributed by atoms with E-state index in [0.29, 0.717) is 31.8 Å². The van der Waals surface area contributed by atoms with Gasteiger partial charge in [0.05, 0.1) is 10.3 Å². The fourth-order valence-electron chi connectivity index (χ4n) is 4.52. The van der Waals surface area contributed by atoms with E-state index in [-0.39, 0.29) is 5.91 Å². The van der Waals surface area contributed by atoms with Crippen molar-refractivity contribution in [3.63, 3.8) is 0 Å². The molecule has 0 aliphatic carbocycles. The highest BCUT2D eigenvalue weighted by Crippen LogP contribution is 2.48. The van der Waals surface area contributed by atoms with Crippen LogP contribution in [-0.2, 0) is 4.79 Å². The Morgan fingerprint density at radius 3 is 1.70 bits per heavy atom. The molecule has 0 fully saturated rings. The number of carbonyl (C=O) groups is 1. The van der Waals surface area contributed by atoms with Gasteiger partial charge in [-0.3, -0.25) is 4.79 Å². The van der Waals surface area contributed by atoms with Gasteiger partial charge in [0.1, 0.15) is 5.04 Å². The zero-order valence-corrected chi connectivity index (χ0v) is 23.2. The summed E-state index contributed by atoms with van der Waals surface area (Å²) >= 11 is 14.2. The maximum Gasteiger partial charge on any atom is 0.282 e. The number of thioether (sulfide) groups is 1. The first kappa shape index (κ1) is 25.8. The number of nitrogens with zero attached hydrogens (tertiary/aromatic N) is 2. The van der Waals surface area contributed by atoms with Gasteiger partial charge in [-0.25, -0.2) is 4.99 Å². The quantitative estimate of drug-likeness (QED) is 0.258. The summed E-state index contributed by atoms with van der Waals surface area (Å²) in [5.41, 5.74) is 0.579. The Morgan fingerprint density at radius 1 is 0.730 bits per heavy atom. The first-order valence-corrected chi connectivity index (χ1v) is 15.3. The van der Waals surface area contributed by atoms with E-state index in [4.69, 9.17) is 28.2 Å². The lowest BCUT2D eigenvalue weighted by molar-refractivity contribution is -0.111. The van der Waals surface area contributed by atoms with E-state index in [2.05, 4.69) is 48.3 Å². The van der Waals surface area contributed by atoms with Crippen molar-refractivity contribution in [3.05, 3.63) is 125 Å². The highest BCUT2D eigenvalue weighted by molar-refractivity contribution is 8.18. The van der Waals surface area contributed by atoms with Crippen LogP contribution in [-0.4, -0.2) is 27.8 Å². The van der Waals surface area contributed by atoms with Gasteiger partial charge in [-0.1, -0.05) is 121 Å². The SMILES string of the molecule is CCSC1=NC(c2ccc(Cl)cc2Cl)=NC(=O)C1=P(c1ccccc1)(c1ccccc1)c1ccccc1. The summed E-state index contributed by atoms with van der Waals surface area (Å²) in [7, 11) is 0. The van der Waals surface area contributed by atoms with Gasteiger partial charge in [-0.15, -0.1) is 11.8 Å². The van der Waals surface area contributed by atoms with Gasteiger partial charge >= 0.3 is 0 Å². The molecule has 0 saturated heterocycles. The average molecular weight is 561 g/mol. The van der Waals surface area contributed by atoms with E-state index in [9.17, 15) is 4.79 Å². The van der Waals surface area contributed by atoms with Crippen LogP contribution < -0.4 is 15.9 Å². The third-order valence-electron chi connectivity index (χ3n) is 6.04. The summed E-state index contributed by atoms with van der Waals surface area (Å²) in [6.45, 7) is -0.595. The van der Waals surface area contributed by atoms with Crippen molar-refractivity contribution in [1.29, 1.82) is 0 Å². The summed E-state index contributed by atoms with van der Waals surface area (Å²) in [4.78, 5) is 23.8. The Kier molecular flexibility index (Phi) is 7.83. The fourth-order valence-corrected chi connectivity index (χ4v) is 10.5. The van der Waals surface area contributed by atoms with E-state index < -0.39 is 6.89 Å². The van der Waals surface area contributed by atoms with E-state index in [1.165, 1.54) is 0 Å². The van der Waals surface area contributed by atoms with Crippen LogP contribution in [0.5, 0.6) is 0 Å². The minimum atomic E-state index is -2.65. The predicted octanol–water partition coefficient (Wildman–Crippen LogP) is 6.60. The van der Waals surface area contributed by atoms with Crippen LogP contribution in [0.2, 0.25) is 10.0 Å². The van der Waals surface area contributed by atoms with Crippen molar-refractivity contribution < 1.29 is 4.79 Å². The molecule has 0 N–H and O–H groups in total. The third kappa shape index (κ3) is 4.87. The van der Waals surface area contributed by atoms with Crippen molar-refractivity contribution in [2.75, 3.05) is 5.75 Å². The Bertz CT molecular complexity index is 1470. The number of amides is 1. The molecule has 0 saturated carbocycles. The molecular weight excluding hydrogens is 538 g/mol. The van der Waals surface area contributed by atoms with Crippen molar-refractivity contribution in [1.82, 2.24) is 0 Å². The molecule has 4 aromatic carbocycles. The molecule has 184 valence electrons. The predicted molar refractivity (Wildman–Crippen MR) is 164 cm³/mol. The number of aliphatic imine (C=N–C) groups is 2. The summed E-state index contributed by atoms with van der Waals surface area (Å²) in [6.07, 6.45) is 0. The van der Waals surface area contributed by atoms with E-state index >= 15 is 0 Å². The van der Waals surface area contributed by atoms with E-state index in [1.54, 1.807) is 30.0 Å². The van der Waals surface area contributed by atoms with Gasteiger partial charge in [0, 0.05) is 10.6 Å². The van der Waals surface area contributed by atoms with Gasteiger partial charge in [-0.05, 0) is 46.8 Å². The molecular formula is C30H23Cl2N2OPS. The molecule has 1 aliphatic heterocycles. The third-order valence-corrected chi connectivity index (χ3v) is 11.9. The van der Waals surface area contributed by atoms with Crippen molar-refractivity contribution in [3.8, 4) is 0 Å². The first-order valence-electron chi connectivity index (χ1n) is 11.8. The van der Waals surface area contributed by atoms with E-state index in [0.717, 1.165) is 21.7 Å². The lowest BCUT2D eigenvalue weighted by atomic mass is 10.2. The van der Waals surface area contributed by atoms with Gasteiger partial charge in [0.25, 0.3) is 5.91 Å². The number of carbonyl (C=O) groups excluding carboxylic acids is 1. The maximum atomic E-state index is 14.2. The fraction of sp³-hybridized carbons (Fsp3) is 0.0667. The standard InChI is InChI=1S/C30H23Cl2N2OPS/c1-2-37-30-27(29(35)33-28(34-30)25-19-18-21(31)20-26(25)32)36(22-12-6-3-7-13-22,23-14-8-4-9-15-23)24-16-10-5-11-17-24/h3-20H,2H2,1H3. The van der Waals surface area contributed by atoms with Crippen LogP contribution in [0.3, 0.4) is 0 Å². The highest BCUT2D eigenvalue weighted by atomic mass is 35.5. The number of rotatable bonds is 5. The van der Waals surface area contributed by atoms with Gasteiger partial charge in [0.15, 0.2) is 5.84 Å². The Balaban J connectivity index is 1.92. The molecule has 0 spiro atoms. The van der Waals surface area contributed by atoms with Crippen molar-refractivity contribution >= 4 is 79.8 Å². The number of benzene rings is 4. The first-order chi connectivity index (χ1) is 18.1. The average Bonchev–Trinajstić information content (AvgIpc) is 2.92. The maximum absolute atomic E-state index is 14.2. The Labute approximate surface area is 231 Å². The lowest BCUT2D eigenvalue weighted by Gasteiger charge is -2.33. The molecule has 4 aromatic rings. The van der Waals surface area contributed by atoms with Gasteiger partial charge in [0.2, 0.25) is 0 Å². The van der Waals surface area contributed by atoms with Crippen molar-refractivity contribution in [2.24, 2.45) is 9.98 Å². The molecule has 3 nitrogen and oxygen atoms in total. The van der Waals surface area contributed by atoms with E-state index in [1.807, 2.05) is 54.6 Å². The molecule has 0 bridgehead atoms. The van der Waals surface area contributed by atoms with Crippen LogP contribution in [0.4, 0.5) is 0 Å². The monoisotopic (exact) mass is 560 g/mol. The zero-order valence-electron chi connectivity index (χ0n) is 20.0. The number of hydrogen-bond donors (Lipinski definition) is 0. The van der Waals surface area contributed by atoms with Crippen LogP contribution in [0.15, 0.2) is 119 Å². The second kappa shape index (κ2) is 11.2. The molecule has 0 atom stereocenters. The van der Waals surface area contributed by atoms with Crippen molar-refractivity contribution in [2.45, 2.75) is 6.92 Å². The zero-order chi connectivity index (χ0) is 25.8. The molecule has 0 aromatic heterocycles. The van der Waals surface area contributed by atoms with Crippen LogP contribution in [0.1, 0.15) is 12.5 Å². The number of amidine groups is 1. The molecule has 0 unspecified atom stereocenters. The molecule has 1 amide bonds. The minimum absolute atomic E-state index is 0.295. The largest absolute Gasteiger partial charge is 0.282 e. The summed E-state index contributed by atoms with van der Waals surface area (Å²) in [5, 5.41) is 5.44. The van der Waals surface area contributed by atoms with Crippen LogP contribution >= 0.6 is 41.8 Å². The lowest BCUT2D eigenvalue weighted by Crippen LogP contribution is -2.38. The highest BCUT2D eigenvalue weighted by Gasteiger charge is 2.37. The van der Waals surface area contributed by atoms with Gasteiger partial charge < -0.3 is 0 Å². The minimum Gasteiger partial charge on any atom is -0.267 e. The van der Waals surface area contributed by atoms with Gasteiger partial charge in [-0.2, -0.15) is 4.99 Å². The molecule has 7 heteroatoms. The summed E-state index contributed by atoms with van der Waals surface area (Å²) in [5.74, 6) is 0.755. The molecule has 1 aliphatic rings. The summed E-state index contributed by atoms with van der Waals surface area (Å²) in [6, 6.07) is 35.9. The normalized spacial score (nSPS) is 13.8. The molecule has 1 heterocycles. The molecule has 37 heavy (non-hydrogen) atoms. The van der Waals surface area contributed by atoms with Crippen LogP contribution in [0.25, 0.3) is 0 Å². The van der Waals surface area contributed by atoms with Crippen LogP contribution in [0, 0.1) is 0 Å². The second-order valence-electron chi connectivity index (χ2n) is 8.24. The molecule has 0 radical (unpaired) electrons. The summed E-state index contributed by atoms with van der Waals surface area (Å²) < 4.78 is 0. The topological polar surface area (TPSA) is 41.8 Å². The Morgan fingerprint density at radius 2 is 1.24 bits per heavy atom. The number of halogens is 2. The smallest absolute Gasteiger partial charge is 0.267 e.